The molecule has 3 N–H and O–H groups in total. The summed E-state index contributed by atoms with van der Waals surface area (Å²) in [6, 6.07) is 1.24. The summed E-state index contributed by atoms with van der Waals surface area (Å²) in [5.41, 5.74) is 0.130. The first-order valence-electron chi connectivity index (χ1n) is 8.09. The van der Waals surface area contributed by atoms with Crippen molar-refractivity contribution in [3.05, 3.63) is 36.5 Å². The van der Waals surface area contributed by atoms with E-state index in [4.69, 9.17) is 15.3 Å². The lowest BCUT2D eigenvalue weighted by Crippen LogP contribution is -2.16. The Labute approximate surface area is 157 Å². The molecule has 7 heteroatoms. The molecule has 0 aliphatic carbocycles. The Morgan fingerprint density at radius 3 is 1.50 bits per heavy atom. The fourth-order valence-electron chi connectivity index (χ4n) is 1.40. The Bertz CT molecular complexity index is 533. The van der Waals surface area contributed by atoms with E-state index >= 15 is 0 Å². The van der Waals surface area contributed by atoms with Gasteiger partial charge in [0.25, 0.3) is 0 Å². The number of rotatable bonds is 6. The number of hydrogen-bond acceptors (Lipinski definition) is 3. The van der Waals surface area contributed by atoms with Crippen LogP contribution in [-0.2, 0) is 14.4 Å². The summed E-state index contributed by atoms with van der Waals surface area (Å²) in [4.78, 5) is 30.0. The van der Waals surface area contributed by atoms with Crippen LogP contribution in [0, 0.1) is 5.41 Å². The van der Waals surface area contributed by atoms with E-state index in [0.29, 0.717) is 12.5 Å². The van der Waals surface area contributed by atoms with Crippen molar-refractivity contribution in [2.24, 2.45) is 5.41 Å². The van der Waals surface area contributed by atoms with Crippen LogP contribution >= 0.6 is 0 Å². The summed E-state index contributed by atoms with van der Waals surface area (Å²) >= 11 is 0. The molecule has 0 aromatic carbocycles. The van der Waals surface area contributed by atoms with Crippen molar-refractivity contribution in [3.63, 3.8) is 0 Å². The molecule has 150 valence electrons. The summed E-state index contributed by atoms with van der Waals surface area (Å²) in [6.45, 7) is 21.3. The third-order valence-electron chi connectivity index (χ3n) is 2.48. The molecule has 0 radical (unpaired) electrons. The van der Waals surface area contributed by atoms with Crippen LogP contribution in [0.5, 0.6) is 0 Å². The predicted octanol–water partition coefficient (Wildman–Crippen LogP) is 4.68. The van der Waals surface area contributed by atoms with Gasteiger partial charge < -0.3 is 15.3 Å². The van der Waals surface area contributed by atoms with Gasteiger partial charge in [-0.2, -0.15) is 0 Å². The molecule has 0 atom stereocenters. The number of allylic oxidation sites excluding steroid dienone is 1. The molecular weight excluding hydrogens is 352 g/mol. The third-order valence-corrected chi connectivity index (χ3v) is 3.99. The van der Waals surface area contributed by atoms with Crippen LogP contribution in [0.4, 0.5) is 0 Å². The van der Waals surface area contributed by atoms with Crippen molar-refractivity contribution in [1.82, 2.24) is 0 Å². The molecule has 6 nitrogen and oxygen atoms in total. The van der Waals surface area contributed by atoms with Crippen molar-refractivity contribution in [3.8, 4) is 0 Å². The zero-order valence-electron chi connectivity index (χ0n) is 17.0. The molecule has 0 saturated heterocycles. The van der Waals surface area contributed by atoms with Crippen molar-refractivity contribution >= 4 is 26.0 Å². The largest absolute Gasteiger partial charge is 0.478 e. The van der Waals surface area contributed by atoms with Gasteiger partial charge in [0.05, 0.1) is 0 Å². The zero-order chi connectivity index (χ0) is 21.7. The van der Waals surface area contributed by atoms with Crippen LogP contribution in [0.3, 0.4) is 0 Å². The fourth-order valence-corrected chi connectivity index (χ4v) is 2.26. The average Bonchev–Trinajstić information content (AvgIpc) is 2.35. The summed E-state index contributed by atoms with van der Waals surface area (Å²) in [7, 11) is -0.775. The van der Waals surface area contributed by atoms with Crippen molar-refractivity contribution in [1.29, 1.82) is 0 Å². The predicted molar refractivity (Wildman–Crippen MR) is 108 cm³/mol. The first-order chi connectivity index (χ1) is 11.4. The lowest BCUT2D eigenvalue weighted by Gasteiger charge is -2.17. The molecule has 0 aromatic heterocycles. The number of carbonyl (C=O) groups is 3. The van der Waals surface area contributed by atoms with E-state index in [1.54, 1.807) is 0 Å². The molecule has 0 spiro atoms. The van der Waals surface area contributed by atoms with Gasteiger partial charge in [-0.1, -0.05) is 53.1 Å². The highest BCUT2D eigenvalue weighted by molar-refractivity contribution is 6.76. The molecule has 0 bridgehead atoms. The summed E-state index contributed by atoms with van der Waals surface area (Å²) in [5.74, 6) is -3.35. The fraction of sp³-hybridized carbons (Fsp3) is 0.526. The monoisotopic (exact) mass is 386 g/mol. The SMILES string of the molecule is C/C(=C/C(=O)O)C(=O)O.C=C(CC(C)(C)C)C(=O)O.C=CC[Si](C)(C)C. The smallest absolute Gasteiger partial charge is 0.331 e. The van der Waals surface area contributed by atoms with Gasteiger partial charge in [-0.25, -0.2) is 14.4 Å². The van der Waals surface area contributed by atoms with Crippen molar-refractivity contribution in [2.75, 3.05) is 0 Å². The molecule has 0 aliphatic rings. The second kappa shape index (κ2) is 13.1. The quantitative estimate of drug-likeness (QED) is 0.347. The minimum absolute atomic E-state index is 0.0233. The molecule has 0 unspecified atom stereocenters. The van der Waals surface area contributed by atoms with Crippen LogP contribution in [0.25, 0.3) is 0 Å². The number of carboxylic acids is 3. The molecule has 0 saturated carbocycles. The van der Waals surface area contributed by atoms with E-state index < -0.39 is 26.0 Å². The highest BCUT2D eigenvalue weighted by Gasteiger charge is 2.15. The molecule has 0 aromatic rings. The topological polar surface area (TPSA) is 112 Å². The molecule has 0 fully saturated rings. The van der Waals surface area contributed by atoms with Gasteiger partial charge in [0.15, 0.2) is 0 Å². The number of hydrogen-bond donors (Lipinski definition) is 3. The Hall–Kier alpha value is -2.15. The molecule has 0 aliphatic heterocycles. The van der Waals surface area contributed by atoms with Gasteiger partial charge in [0.1, 0.15) is 0 Å². The summed E-state index contributed by atoms with van der Waals surface area (Å²) in [6.07, 6.45) is 3.21. The Balaban J connectivity index is -0.000000310. The zero-order valence-corrected chi connectivity index (χ0v) is 18.0. The average molecular weight is 387 g/mol. The Morgan fingerprint density at radius 1 is 1.00 bits per heavy atom. The Kier molecular flexibility index (Phi) is 14.4. The van der Waals surface area contributed by atoms with E-state index in [-0.39, 0.29) is 16.6 Å². The van der Waals surface area contributed by atoms with Gasteiger partial charge in [-0.05, 0) is 24.8 Å². The van der Waals surface area contributed by atoms with Crippen LogP contribution in [0.1, 0.15) is 34.1 Å². The second-order valence-corrected chi connectivity index (χ2v) is 13.7. The lowest BCUT2D eigenvalue weighted by molar-refractivity contribution is -0.135. The third kappa shape index (κ3) is 26.7. The highest BCUT2D eigenvalue weighted by Crippen LogP contribution is 2.22. The second-order valence-electron chi connectivity index (χ2n) is 8.17. The van der Waals surface area contributed by atoms with Gasteiger partial charge in [-0.3, -0.25) is 0 Å². The minimum Gasteiger partial charge on any atom is -0.478 e. The molecule has 26 heavy (non-hydrogen) atoms. The first-order valence-corrected chi connectivity index (χ1v) is 11.8. The van der Waals surface area contributed by atoms with Gasteiger partial charge in [0, 0.05) is 25.3 Å². The van der Waals surface area contributed by atoms with E-state index in [1.165, 1.54) is 13.0 Å². The number of aliphatic carboxylic acids is 3. The Morgan fingerprint density at radius 2 is 1.42 bits per heavy atom. The van der Waals surface area contributed by atoms with Gasteiger partial charge in [0.2, 0.25) is 0 Å². The van der Waals surface area contributed by atoms with Crippen LogP contribution in [0.15, 0.2) is 36.5 Å². The molecule has 0 rings (SSSR count). The van der Waals surface area contributed by atoms with Crippen LogP contribution in [0.2, 0.25) is 25.7 Å². The molecule has 0 amide bonds. The summed E-state index contributed by atoms with van der Waals surface area (Å²) in [5, 5.41) is 24.5. The van der Waals surface area contributed by atoms with E-state index in [9.17, 15) is 14.4 Å². The summed E-state index contributed by atoms with van der Waals surface area (Å²) < 4.78 is 0. The number of carboxylic acid groups (broad SMARTS) is 3. The van der Waals surface area contributed by atoms with Gasteiger partial charge in [-0.15, -0.1) is 6.58 Å². The minimum atomic E-state index is -1.24. The van der Waals surface area contributed by atoms with Crippen molar-refractivity contribution < 1.29 is 29.7 Å². The maximum Gasteiger partial charge on any atom is 0.331 e. The standard InChI is InChI=1S/C8H14O2.C6H14Si.C5H6O4/c1-6(7(9)10)5-8(2,3)4;1-5-6-7(2,3)4;1-3(5(8)9)2-4(6)7/h1,5H2,2-4H3,(H,9,10);5H,1,6H2,2-4H3;2H,1H3,(H,6,7)(H,8,9)/b;;3-2-. The first kappa shape index (κ1) is 28.6. The van der Waals surface area contributed by atoms with E-state index in [1.807, 2.05) is 26.8 Å². The van der Waals surface area contributed by atoms with Crippen LogP contribution < -0.4 is 0 Å². The molecular formula is C19H34O6Si. The van der Waals surface area contributed by atoms with E-state index in [2.05, 4.69) is 32.8 Å². The normalized spacial score (nSPS) is 11.1. The maximum absolute atomic E-state index is 10.3. The van der Waals surface area contributed by atoms with Crippen molar-refractivity contribution in [2.45, 2.75) is 59.8 Å². The lowest BCUT2D eigenvalue weighted by atomic mass is 9.88. The van der Waals surface area contributed by atoms with E-state index in [0.717, 1.165) is 0 Å². The maximum atomic E-state index is 10.3. The van der Waals surface area contributed by atoms with Gasteiger partial charge >= 0.3 is 17.9 Å². The molecule has 0 heterocycles. The van der Waals surface area contributed by atoms with Crippen LogP contribution in [-0.4, -0.2) is 41.3 Å². The highest BCUT2D eigenvalue weighted by atomic mass is 28.3.